The van der Waals surface area contributed by atoms with Crippen molar-refractivity contribution in [3.05, 3.63) is 70.2 Å². The third kappa shape index (κ3) is 2.27. The van der Waals surface area contributed by atoms with Crippen LogP contribution in [0, 0.1) is 0 Å². The minimum atomic E-state index is -3.86. The summed E-state index contributed by atoms with van der Waals surface area (Å²) in [6, 6.07) is 11.1. The number of benzene rings is 2. The molecule has 0 aromatic heterocycles. The van der Waals surface area contributed by atoms with Crippen molar-refractivity contribution in [2.45, 2.75) is 12.0 Å². The molecule has 2 aromatic rings. The number of hydrogen-bond acceptors (Lipinski definition) is 3. The number of fused-ring (bicyclic) bond motifs is 1. The second-order valence-corrected chi connectivity index (χ2v) is 5.27. The molecule has 1 aliphatic rings. The van der Waals surface area contributed by atoms with E-state index in [1.807, 2.05) is 0 Å². The van der Waals surface area contributed by atoms with Gasteiger partial charge in [0.25, 0.3) is 0 Å². The Morgan fingerprint density at radius 1 is 1.14 bits per heavy atom. The summed E-state index contributed by atoms with van der Waals surface area (Å²) >= 11 is 5.75. The fourth-order valence-electron chi connectivity index (χ4n) is 2.34. The lowest BCUT2D eigenvalue weighted by molar-refractivity contribution is -0.0820. The van der Waals surface area contributed by atoms with Crippen LogP contribution >= 0.6 is 11.6 Å². The molecule has 2 aromatic carbocycles. The second-order valence-electron chi connectivity index (χ2n) is 4.84. The summed E-state index contributed by atoms with van der Waals surface area (Å²) in [5.41, 5.74) is -0.229. The number of alkyl halides is 2. The average molecular weight is 323 g/mol. The lowest BCUT2D eigenvalue weighted by Crippen LogP contribution is -2.36. The molecule has 0 radical (unpaired) electrons. The molecular weight excluding hydrogens is 314 g/mol. The Balaban J connectivity index is 2.01. The maximum Gasteiger partial charge on any atom is 0.349 e. The summed E-state index contributed by atoms with van der Waals surface area (Å²) < 4.78 is 33.7. The molecular formula is C16H9ClF2O3. The largest absolute Gasteiger partial charge is 0.447 e. The molecule has 1 heterocycles. The average Bonchev–Trinajstić information content (AvgIpc) is 2.85. The molecule has 0 fully saturated rings. The number of cyclic esters (lactones) is 1. The van der Waals surface area contributed by atoms with Crippen molar-refractivity contribution in [1.82, 2.24) is 0 Å². The molecule has 3 nitrogen and oxygen atoms in total. The molecule has 0 aliphatic carbocycles. The summed E-state index contributed by atoms with van der Waals surface area (Å²) in [5.74, 6) is -6.17. The number of rotatable bonds is 3. The van der Waals surface area contributed by atoms with Gasteiger partial charge in [-0.25, -0.2) is 4.79 Å². The third-order valence-corrected chi connectivity index (χ3v) is 3.65. The van der Waals surface area contributed by atoms with E-state index in [1.165, 1.54) is 42.5 Å². The van der Waals surface area contributed by atoms with Crippen LogP contribution in [-0.4, -0.2) is 17.7 Å². The van der Waals surface area contributed by atoms with Gasteiger partial charge in [0.15, 0.2) is 6.10 Å². The molecule has 1 atom stereocenters. The molecule has 0 saturated carbocycles. The first kappa shape index (κ1) is 14.7. The summed E-state index contributed by atoms with van der Waals surface area (Å²) in [6.07, 6.45) is -1.94. The Hall–Kier alpha value is -2.27. The number of ketones is 1. The Labute approximate surface area is 129 Å². The number of Topliss-reactive ketones (excluding diaryl/α,β-unsaturated/α-hetero) is 1. The third-order valence-electron chi connectivity index (χ3n) is 3.41. The minimum Gasteiger partial charge on any atom is -0.447 e. The monoisotopic (exact) mass is 322 g/mol. The maximum absolute atomic E-state index is 14.5. The van der Waals surface area contributed by atoms with Crippen LogP contribution in [0.2, 0.25) is 5.02 Å². The van der Waals surface area contributed by atoms with Crippen molar-refractivity contribution in [1.29, 1.82) is 0 Å². The van der Waals surface area contributed by atoms with Crippen LogP contribution in [0.25, 0.3) is 0 Å². The number of carbonyl (C=O) groups excluding carboxylic acids is 2. The molecule has 1 aliphatic heterocycles. The topological polar surface area (TPSA) is 43.4 Å². The molecule has 0 N–H and O–H groups in total. The van der Waals surface area contributed by atoms with Crippen LogP contribution in [0.3, 0.4) is 0 Å². The highest BCUT2D eigenvalue weighted by Crippen LogP contribution is 2.43. The van der Waals surface area contributed by atoms with Gasteiger partial charge in [-0.05, 0) is 12.1 Å². The molecule has 6 heteroatoms. The van der Waals surface area contributed by atoms with E-state index >= 15 is 0 Å². The van der Waals surface area contributed by atoms with E-state index < -0.39 is 23.8 Å². The minimum absolute atomic E-state index is 0.0383. The first-order chi connectivity index (χ1) is 10.4. The van der Waals surface area contributed by atoms with Crippen molar-refractivity contribution in [2.24, 2.45) is 0 Å². The van der Waals surface area contributed by atoms with E-state index in [4.69, 9.17) is 16.3 Å². The Bertz CT molecular complexity index is 759. The van der Waals surface area contributed by atoms with Crippen LogP contribution in [0.15, 0.2) is 48.5 Å². The molecule has 0 unspecified atom stereocenters. The Kier molecular flexibility index (Phi) is 3.45. The van der Waals surface area contributed by atoms with E-state index in [0.29, 0.717) is 0 Å². The fourth-order valence-corrected chi connectivity index (χ4v) is 2.51. The van der Waals surface area contributed by atoms with Crippen LogP contribution in [0.4, 0.5) is 8.78 Å². The number of esters is 1. The summed E-state index contributed by atoms with van der Waals surface area (Å²) in [5, 5.41) is 0.231. The number of hydrogen-bond donors (Lipinski definition) is 0. The van der Waals surface area contributed by atoms with Gasteiger partial charge < -0.3 is 4.74 Å². The first-order valence-corrected chi connectivity index (χ1v) is 6.77. The van der Waals surface area contributed by atoms with Crippen molar-refractivity contribution >= 4 is 23.4 Å². The van der Waals surface area contributed by atoms with Gasteiger partial charge in [0.05, 0.1) is 5.56 Å². The number of ether oxygens (including phenoxy) is 1. The summed E-state index contributed by atoms with van der Waals surface area (Å²) in [4.78, 5) is 23.8. The van der Waals surface area contributed by atoms with Crippen LogP contribution < -0.4 is 0 Å². The van der Waals surface area contributed by atoms with Crippen molar-refractivity contribution in [3.63, 3.8) is 0 Å². The molecule has 0 saturated heterocycles. The Morgan fingerprint density at radius 3 is 2.50 bits per heavy atom. The summed E-state index contributed by atoms with van der Waals surface area (Å²) in [6.45, 7) is 0. The van der Waals surface area contributed by atoms with Crippen LogP contribution in [0.1, 0.15) is 32.4 Å². The number of halogens is 3. The van der Waals surface area contributed by atoms with Crippen molar-refractivity contribution in [3.8, 4) is 0 Å². The number of carbonyl (C=O) groups is 2. The molecule has 22 heavy (non-hydrogen) atoms. The highest BCUT2D eigenvalue weighted by atomic mass is 35.5. The van der Waals surface area contributed by atoms with Gasteiger partial charge in [-0.2, -0.15) is 8.78 Å². The molecule has 0 amide bonds. The van der Waals surface area contributed by atoms with E-state index in [-0.39, 0.29) is 21.7 Å². The fraction of sp³-hybridized carbons (Fsp3) is 0.125. The normalized spacial score (nSPS) is 17.0. The van der Waals surface area contributed by atoms with E-state index in [0.717, 1.165) is 0 Å². The zero-order chi connectivity index (χ0) is 15.9. The zero-order valence-corrected chi connectivity index (χ0v) is 11.8. The van der Waals surface area contributed by atoms with Gasteiger partial charge in [0.1, 0.15) is 0 Å². The van der Waals surface area contributed by atoms with Crippen molar-refractivity contribution < 1.29 is 23.1 Å². The molecule has 3 rings (SSSR count). The molecule has 0 spiro atoms. The van der Waals surface area contributed by atoms with E-state index in [9.17, 15) is 18.4 Å². The van der Waals surface area contributed by atoms with Crippen molar-refractivity contribution in [2.75, 3.05) is 0 Å². The van der Waals surface area contributed by atoms with Gasteiger partial charge in [0.2, 0.25) is 5.78 Å². The first-order valence-electron chi connectivity index (χ1n) is 6.39. The van der Waals surface area contributed by atoms with Gasteiger partial charge in [-0.1, -0.05) is 48.0 Å². The zero-order valence-electron chi connectivity index (χ0n) is 11.1. The van der Waals surface area contributed by atoms with Crippen LogP contribution in [-0.2, 0) is 4.74 Å². The molecule has 0 bridgehead atoms. The SMILES string of the molecule is O=C1O[C@@H](C(F)(F)C(=O)c2ccccc2)c2ccc(Cl)cc21. The lowest BCUT2D eigenvalue weighted by Gasteiger charge is -2.21. The smallest absolute Gasteiger partial charge is 0.349 e. The summed E-state index contributed by atoms with van der Waals surface area (Å²) in [7, 11) is 0. The molecule has 112 valence electrons. The highest BCUT2D eigenvalue weighted by Gasteiger charge is 2.54. The van der Waals surface area contributed by atoms with Gasteiger partial charge >= 0.3 is 11.9 Å². The van der Waals surface area contributed by atoms with Gasteiger partial charge in [-0.15, -0.1) is 0 Å². The van der Waals surface area contributed by atoms with E-state index in [1.54, 1.807) is 6.07 Å². The maximum atomic E-state index is 14.5. The predicted octanol–water partition coefficient (Wildman–Crippen LogP) is 4.07. The second kappa shape index (κ2) is 5.18. The van der Waals surface area contributed by atoms with E-state index in [2.05, 4.69) is 0 Å². The quantitative estimate of drug-likeness (QED) is 0.632. The van der Waals surface area contributed by atoms with Gasteiger partial charge in [0, 0.05) is 16.1 Å². The predicted molar refractivity (Wildman–Crippen MR) is 75.3 cm³/mol. The van der Waals surface area contributed by atoms with Crippen LogP contribution in [0.5, 0.6) is 0 Å². The van der Waals surface area contributed by atoms with Gasteiger partial charge in [-0.3, -0.25) is 4.79 Å². The highest BCUT2D eigenvalue weighted by molar-refractivity contribution is 6.31. The lowest BCUT2D eigenvalue weighted by atomic mass is 9.95. The Morgan fingerprint density at radius 2 is 1.82 bits per heavy atom. The standard InChI is InChI=1S/C16H9ClF2O3/c17-10-6-7-11-12(8-10)15(21)22-14(11)16(18,19)13(20)9-4-2-1-3-5-9/h1-8,14H/t14-/m1/s1.